The SMILES string of the molecule is Cc1c(Br)cc(CN)cc1S(=O)(=O)Nc1ncccc1Cl. The molecule has 1 heterocycles. The van der Waals surface area contributed by atoms with Crippen LogP contribution in [0.15, 0.2) is 39.8 Å². The van der Waals surface area contributed by atoms with Gasteiger partial charge < -0.3 is 5.73 Å². The van der Waals surface area contributed by atoms with Crippen LogP contribution >= 0.6 is 27.5 Å². The van der Waals surface area contributed by atoms with E-state index >= 15 is 0 Å². The summed E-state index contributed by atoms with van der Waals surface area (Å²) in [5.41, 5.74) is 6.89. The fraction of sp³-hybridized carbons (Fsp3) is 0.154. The van der Waals surface area contributed by atoms with Gasteiger partial charge in [-0.1, -0.05) is 27.5 Å². The van der Waals surface area contributed by atoms with Crippen LogP contribution < -0.4 is 10.5 Å². The molecule has 0 saturated heterocycles. The summed E-state index contributed by atoms with van der Waals surface area (Å²) in [7, 11) is -3.80. The molecule has 0 fully saturated rings. The molecule has 0 aliphatic carbocycles. The maximum absolute atomic E-state index is 12.5. The number of aromatic nitrogens is 1. The molecule has 8 heteroatoms. The van der Waals surface area contributed by atoms with E-state index in [4.69, 9.17) is 17.3 Å². The molecule has 0 unspecified atom stereocenters. The number of nitrogens with zero attached hydrogens (tertiary/aromatic N) is 1. The second-order valence-electron chi connectivity index (χ2n) is 4.34. The normalized spacial score (nSPS) is 11.4. The molecule has 5 nitrogen and oxygen atoms in total. The number of benzene rings is 1. The first-order valence-corrected chi connectivity index (χ1v) is 8.63. The molecule has 0 aliphatic heterocycles. The van der Waals surface area contributed by atoms with Crippen molar-refractivity contribution in [1.82, 2.24) is 4.98 Å². The topological polar surface area (TPSA) is 85.1 Å². The average Bonchev–Trinajstić information content (AvgIpc) is 2.43. The van der Waals surface area contributed by atoms with Gasteiger partial charge in [-0.25, -0.2) is 13.4 Å². The van der Waals surface area contributed by atoms with Crippen LogP contribution in [0.25, 0.3) is 0 Å². The van der Waals surface area contributed by atoms with Crippen molar-refractivity contribution in [2.24, 2.45) is 5.73 Å². The van der Waals surface area contributed by atoms with E-state index < -0.39 is 10.0 Å². The van der Waals surface area contributed by atoms with Gasteiger partial charge in [0.25, 0.3) is 10.0 Å². The number of sulfonamides is 1. The lowest BCUT2D eigenvalue weighted by atomic mass is 10.1. The van der Waals surface area contributed by atoms with Gasteiger partial charge in [0.15, 0.2) is 5.82 Å². The third kappa shape index (κ3) is 3.55. The van der Waals surface area contributed by atoms with Gasteiger partial charge in [-0.15, -0.1) is 0 Å². The zero-order valence-electron chi connectivity index (χ0n) is 11.1. The van der Waals surface area contributed by atoms with Crippen LogP contribution in [0.4, 0.5) is 5.82 Å². The molecule has 0 radical (unpaired) electrons. The van der Waals surface area contributed by atoms with E-state index in [0.29, 0.717) is 15.6 Å². The van der Waals surface area contributed by atoms with Crippen molar-refractivity contribution in [3.63, 3.8) is 0 Å². The van der Waals surface area contributed by atoms with Crippen LogP contribution in [0.5, 0.6) is 0 Å². The Morgan fingerprint density at radius 3 is 2.76 bits per heavy atom. The third-order valence-corrected chi connectivity index (χ3v) is 5.46. The summed E-state index contributed by atoms with van der Waals surface area (Å²) in [5, 5.41) is 0.229. The first kappa shape index (κ1) is 16.2. The van der Waals surface area contributed by atoms with Gasteiger partial charge in [0.05, 0.1) is 9.92 Å². The van der Waals surface area contributed by atoms with Gasteiger partial charge in [-0.2, -0.15) is 0 Å². The highest BCUT2D eigenvalue weighted by atomic mass is 79.9. The van der Waals surface area contributed by atoms with Gasteiger partial charge in [-0.05, 0) is 42.3 Å². The smallest absolute Gasteiger partial charge is 0.263 e. The summed E-state index contributed by atoms with van der Waals surface area (Å²) >= 11 is 9.27. The van der Waals surface area contributed by atoms with Gasteiger partial charge in [0, 0.05) is 17.2 Å². The zero-order valence-corrected chi connectivity index (χ0v) is 14.3. The van der Waals surface area contributed by atoms with Crippen molar-refractivity contribution in [2.75, 3.05) is 4.72 Å². The number of hydrogen-bond acceptors (Lipinski definition) is 4. The molecule has 0 saturated carbocycles. The van der Waals surface area contributed by atoms with Crippen LogP contribution in [-0.2, 0) is 16.6 Å². The Balaban J connectivity index is 2.50. The molecule has 0 bridgehead atoms. The quantitative estimate of drug-likeness (QED) is 0.840. The van der Waals surface area contributed by atoms with Gasteiger partial charge >= 0.3 is 0 Å². The number of hydrogen-bond donors (Lipinski definition) is 2. The van der Waals surface area contributed by atoms with E-state index in [1.54, 1.807) is 31.2 Å². The van der Waals surface area contributed by atoms with E-state index in [0.717, 1.165) is 0 Å². The second kappa shape index (κ2) is 6.31. The van der Waals surface area contributed by atoms with Crippen LogP contribution in [0.2, 0.25) is 5.02 Å². The molecular formula is C13H13BrClN3O2S. The fourth-order valence-electron chi connectivity index (χ4n) is 1.75. The lowest BCUT2D eigenvalue weighted by molar-refractivity contribution is 0.600. The molecule has 3 N–H and O–H groups in total. The summed E-state index contributed by atoms with van der Waals surface area (Å²) in [6, 6.07) is 6.52. The summed E-state index contributed by atoms with van der Waals surface area (Å²) in [5.74, 6) is 0.0906. The van der Waals surface area contributed by atoms with E-state index in [1.165, 1.54) is 6.20 Å². The maximum atomic E-state index is 12.5. The molecule has 0 amide bonds. The summed E-state index contributed by atoms with van der Waals surface area (Å²) < 4.78 is 28.1. The van der Waals surface area contributed by atoms with E-state index in [-0.39, 0.29) is 22.3 Å². The number of rotatable bonds is 4. The zero-order chi connectivity index (χ0) is 15.6. The van der Waals surface area contributed by atoms with Crippen LogP contribution in [0.3, 0.4) is 0 Å². The van der Waals surface area contributed by atoms with E-state index in [9.17, 15) is 8.42 Å². The molecule has 21 heavy (non-hydrogen) atoms. The highest BCUT2D eigenvalue weighted by Gasteiger charge is 2.21. The second-order valence-corrected chi connectivity index (χ2v) is 7.26. The molecule has 1 aromatic heterocycles. The molecular weight excluding hydrogens is 378 g/mol. The van der Waals surface area contributed by atoms with Crippen molar-refractivity contribution in [3.8, 4) is 0 Å². The first-order chi connectivity index (χ1) is 9.85. The minimum atomic E-state index is -3.80. The number of nitrogens with two attached hydrogens (primary N) is 1. The average molecular weight is 391 g/mol. The Kier molecular flexibility index (Phi) is 4.88. The van der Waals surface area contributed by atoms with Crippen molar-refractivity contribution >= 4 is 43.4 Å². The molecule has 1 aromatic carbocycles. The van der Waals surface area contributed by atoms with Crippen LogP contribution in [-0.4, -0.2) is 13.4 Å². The van der Waals surface area contributed by atoms with E-state index in [1.807, 2.05) is 0 Å². The predicted octanol–water partition coefficient (Wildman–Crippen LogP) is 3.07. The Hall–Kier alpha value is -1.15. The largest absolute Gasteiger partial charge is 0.326 e. The predicted molar refractivity (Wildman–Crippen MR) is 86.8 cm³/mol. The maximum Gasteiger partial charge on any atom is 0.263 e. The highest BCUT2D eigenvalue weighted by molar-refractivity contribution is 9.10. The lowest BCUT2D eigenvalue weighted by Gasteiger charge is -2.13. The van der Waals surface area contributed by atoms with Crippen molar-refractivity contribution in [1.29, 1.82) is 0 Å². The molecule has 0 aliphatic rings. The van der Waals surface area contributed by atoms with Crippen LogP contribution in [0.1, 0.15) is 11.1 Å². The highest BCUT2D eigenvalue weighted by Crippen LogP contribution is 2.28. The third-order valence-electron chi connectivity index (χ3n) is 2.87. The summed E-state index contributed by atoms with van der Waals surface area (Å²) in [6.45, 7) is 1.95. The van der Waals surface area contributed by atoms with E-state index in [2.05, 4.69) is 25.6 Å². The van der Waals surface area contributed by atoms with Crippen LogP contribution in [0, 0.1) is 6.92 Å². The Labute approximate surface area is 136 Å². The Bertz CT molecular complexity index is 781. The number of anilines is 1. The fourth-order valence-corrected chi connectivity index (χ4v) is 3.96. The summed E-state index contributed by atoms with van der Waals surface area (Å²) in [6.07, 6.45) is 1.46. The van der Waals surface area contributed by atoms with Crippen molar-refractivity contribution < 1.29 is 8.42 Å². The lowest BCUT2D eigenvalue weighted by Crippen LogP contribution is -2.16. The Morgan fingerprint density at radius 1 is 1.43 bits per heavy atom. The number of halogens is 2. The Morgan fingerprint density at radius 2 is 2.14 bits per heavy atom. The number of nitrogens with one attached hydrogen (secondary N) is 1. The molecule has 0 spiro atoms. The first-order valence-electron chi connectivity index (χ1n) is 5.97. The molecule has 2 aromatic rings. The van der Waals surface area contributed by atoms with Gasteiger partial charge in [-0.3, -0.25) is 4.72 Å². The monoisotopic (exact) mass is 389 g/mol. The van der Waals surface area contributed by atoms with Crippen molar-refractivity contribution in [3.05, 3.63) is 51.1 Å². The number of pyridine rings is 1. The molecule has 112 valence electrons. The molecule has 2 rings (SSSR count). The van der Waals surface area contributed by atoms with Gasteiger partial charge in [0.2, 0.25) is 0 Å². The van der Waals surface area contributed by atoms with Crippen molar-refractivity contribution in [2.45, 2.75) is 18.4 Å². The molecule has 0 atom stereocenters. The minimum absolute atomic E-state index is 0.0906. The standard InChI is InChI=1S/C13H13BrClN3O2S/c1-8-10(14)5-9(7-16)6-12(8)21(19,20)18-13-11(15)3-2-4-17-13/h2-6H,7,16H2,1H3,(H,17,18). The van der Waals surface area contributed by atoms with Gasteiger partial charge in [0.1, 0.15) is 0 Å². The summed E-state index contributed by atoms with van der Waals surface area (Å²) in [4.78, 5) is 4.06. The minimum Gasteiger partial charge on any atom is -0.326 e.